The lowest BCUT2D eigenvalue weighted by Crippen LogP contribution is -2.26. The van der Waals surface area contributed by atoms with Crippen molar-refractivity contribution in [3.8, 4) is 0 Å². The third kappa shape index (κ3) is 2.99. The Balaban J connectivity index is 2.07. The monoisotopic (exact) mass is 302 g/mol. The van der Waals surface area contributed by atoms with Crippen molar-refractivity contribution in [2.75, 3.05) is 0 Å². The Labute approximate surface area is 110 Å². The Bertz CT molecular complexity index is 367. The average molecular weight is 304 g/mol. The molecule has 1 fully saturated rings. The molecule has 2 unspecified atom stereocenters. The summed E-state index contributed by atoms with van der Waals surface area (Å²) in [5.41, 5.74) is 1.15. The molecular formula is C13H16BrClO. The molecule has 0 aliphatic heterocycles. The van der Waals surface area contributed by atoms with Crippen LogP contribution in [0.5, 0.6) is 0 Å². The second-order valence-corrected chi connectivity index (χ2v) is 5.87. The van der Waals surface area contributed by atoms with Gasteiger partial charge in [0.2, 0.25) is 0 Å². The van der Waals surface area contributed by atoms with Crippen molar-refractivity contribution in [3.05, 3.63) is 33.3 Å². The van der Waals surface area contributed by atoms with Crippen LogP contribution in [0.25, 0.3) is 0 Å². The van der Waals surface area contributed by atoms with Crippen LogP contribution in [0.1, 0.15) is 31.2 Å². The van der Waals surface area contributed by atoms with Gasteiger partial charge in [-0.05, 0) is 42.9 Å². The first-order valence-corrected chi connectivity index (χ1v) is 6.96. The fraction of sp³-hybridized carbons (Fsp3) is 0.538. The Morgan fingerprint density at radius 3 is 2.75 bits per heavy atom. The number of hydrogen-bond acceptors (Lipinski definition) is 1. The first-order valence-electron chi connectivity index (χ1n) is 5.79. The molecule has 1 saturated carbocycles. The first kappa shape index (κ1) is 12.4. The summed E-state index contributed by atoms with van der Waals surface area (Å²) in [6.45, 7) is 0. The van der Waals surface area contributed by atoms with E-state index in [2.05, 4.69) is 15.9 Å². The number of aliphatic hydroxyl groups excluding tert-OH is 1. The Morgan fingerprint density at radius 1 is 1.31 bits per heavy atom. The predicted octanol–water partition coefficient (Wildman–Crippen LogP) is 4.20. The maximum Gasteiger partial charge on any atom is 0.0571 e. The number of aliphatic hydroxyl groups is 1. The second-order valence-electron chi connectivity index (χ2n) is 4.55. The van der Waals surface area contributed by atoms with Crippen molar-refractivity contribution < 1.29 is 5.11 Å². The van der Waals surface area contributed by atoms with Crippen LogP contribution in [0.15, 0.2) is 22.7 Å². The van der Waals surface area contributed by atoms with Gasteiger partial charge in [0.25, 0.3) is 0 Å². The van der Waals surface area contributed by atoms with E-state index in [0.717, 1.165) is 40.7 Å². The van der Waals surface area contributed by atoms with E-state index in [1.54, 1.807) is 0 Å². The largest absolute Gasteiger partial charge is 0.393 e. The summed E-state index contributed by atoms with van der Waals surface area (Å²) in [4.78, 5) is 0. The number of rotatable bonds is 2. The SMILES string of the molecule is OC1CCCCC1Cc1ccc(Br)cc1Cl. The molecule has 3 heteroatoms. The van der Waals surface area contributed by atoms with E-state index in [4.69, 9.17) is 11.6 Å². The van der Waals surface area contributed by atoms with Crippen LogP contribution in [0.4, 0.5) is 0 Å². The maximum absolute atomic E-state index is 9.92. The molecule has 0 heterocycles. The fourth-order valence-electron chi connectivity index (χ4n) is 2.40. The number of benzene rings is 1. The molecule has 88 valence electrons. The number of hydrogen-bond donors (Lipinski definition) is 1. The summed E-state index contributed by atoms with van der Waals surface area (Å²) in [5, 5.41) is 10.7. The minimum absolute atomic E-state index is 0.145. The van der Waals surface area contributed by atoms with E-state index >= 15 is 0 Å². The molecule has 0 bridgehead atoms. The van der Waals surface area contributed by atoms with Gasteiger partial charge in [-0.3, -0.25) is 0 Å². The van der Waals surface area contributed by atoms with Gasteiger partial charge in [-0.25, -0.2) is 0 Å². The summed E-state index contributed by atoms with van der Waals surface area (Å²) in [6.07, 6.45) is 5.20. The van der Waals surface area contributed by atoms with Crippen molar-refractivity contribution in [1.82, 2.24) is 0 Å². The summed E-state index contributed by atoms with van der Waals surface area (Å²) in [7, 11) is 0. The van der Waals surface area contributed by atoms with E-state index < -0.39 is 0 Å². The minimum atomic E-state index is -0.145. The minimum Gasteiger partial charge on any atom is -0.393 e. The highest BCUT2D eigenvalue weighted by Crippen LogP contribution is 2.30. The quantitative estimate of drug-likeness (QED) is 0.868. The van der Waals surface area contributed by atoms with Gasteiger partial charge in [-0.1, -0.05) is 46.4 Å². The van der Waals surface area contributed by atoms with Gasteiger partial charge in [0.15, 0.2) is 0 Å². The molecule has 0 spiro atoms. The van der Waals surface area contributed by atoms with Crippen molar-refractivity contribution in [1.29, 1.82) is 0 Å². The lowest BCUT2D eigenvalue weighted by atomic mass is 9.82. The zero-order chi connectivity index (χ0) is 11.5. The van der Waals surface area contributed by atoms with Crippen LogP contribution in [0, 0.1) is 5.92 Å². The highest BCUT2D eigenvalue weighted by atomic mass is 79.9. The normalized spacial score (nSPS) is 25.7. The second kappa shape index (κ2) is 5.52. The third-order valence-corrected chi connectivity index (χ3v) is 4.21. The molecule has 1 aromatic carbocycles. The highest BCUT2D eigenvalue weighted by Gasteiger charge is 2.23. The molecule has 0 aromatic heterocycles. The molecule has 1 N–H and O–H groups in total. The molecule has 1 nitrogen and oxygen atoms in total. The molecular weight excluding hydrogens is 287 g/mol. The Hall–Kier alpha value is -0.0500. The lowest BCUT2D eigenvalue weighted by molar-refractivity contribution is 0.0700. The predicted molar refractivity (Wildman–Crippen MR) is 70.8 cm³/mol. The number of halogens is 2. The topological polar surface area (TPSA) is 20.2 Å². The molecule has 2 atom stereocenters. The van der Waals surface area contributed by atoms with Gasteiger partial charge in [-0.2, -0.15) is 0 Å². The van der Waals surface area contributed by atoms with E-state index in [1.807, 2.05) is 18.2 Å². The van der Waals surface area contributed by atoms with Crippen LogP contribution in [0.3, 0.4) is 0 Å². The van der Waals surface area contributed by atoms with Crippen molar-refractivity contribution in [2.45, 2.75) is 38.2 Å². The summed E-state index contributed by atoms with van der Waals surface area (Å²) >= 11 is 9.58. The highest BCUT2D eigenvalue weighted by molar-refractivity contribution is 9.10. The summed E-state index contributed by atoms with van der Waals surface area (Å²) in [6, 6.07) is 5.98. The molecule has 1 aliphatic carbocycles. The smallest absolute Gasteiger partial charge is 0.0571 e. The molecule has 0 amide bonds. The molecule has 1 aromatic rings. The van der Waals surface area contributed by atoms with Crippen LogP contribution < -0.4 is 0 Å². The lowest BCUT2D eigenvalue weighted by Gasteiger charge is -2.27. The van der Waals surface area contributed by atoms with E-state index in [1.165, 1.54) is 6.42 Å². The van der Waals surface area contributed by atoms with Gasteiger partial charge >= 0.3 is 0 Å². The van der Waals surface area contributed by atoms with Crippen LogP contribution >= 0.6 is 27.5 Å². The first-order chi connectivity index (χ1) is 7.66. The van der Waals surface area contributed by atoms with Gasteiger partial charge in [0.1, 0.15) is 0 Å². The zero-order valence-electron chi connectivity index (χ0n) is 9.13. The van der Waals surface area contributed by atoms with Crippen LogP contribution in [0.2, 0.25) is 5.02 Å². The van der Waals surface area contributed by atoms with Crippen LogP contribution in [-0.2, 0) is 6.42 Å². The van der Waals surface area contributed by atoms with Gasteiger partial charge in [0, 0.05) is 9.50 Å². The summed E-state index contributed by atoms with van der Waals surface area (Å²) in [5.74, 6) is 0.382. The van der Waals surface area contributed by atoms with Crippen molar-refractivity contribution in [3.63, 3.8) is 0 Å². The zero-order valence-corrected chi connectivity index (χ0v) is 11.5. The molecule has 2 rings (SSSR count). The standard InChI is InChI=1S/C13H16BrClO/c14-11-6-5-9(12(15)8-11)7-10-3-1-2-4-13(10)16/h5-6,8,10,13,16H,1-4,7H2. The van der Waals surface area contributed by atoms with Gasteiger partial charge in [0.05, 0.1) is 6.10 Å². The molecule has 0 radical (unpaired) electrons. The molecule has 1 aliphatic rings. The molecule has 0 saturated heterocycles. The maximum atomic E-state index is 9.92. The van der Waals surface area contributed by atoms with E-state index in [0.29, 0.717) is 5.92 Å². The van der Waals surface area contributed by atoms with E-state index in [9.17, 15) is 5.11 Å². The van der Waals surface area contributed by atoms with Gasteiger partial charge in [-0.15, -0.1) is 0 Å². The van der Waals surface area contributed by atoms with Crippen molar-refractivity contribution >= 4 is 27.5 Å². The Morgan fingerprint density at radius 2 is 2.06 bits per heavy atom. The van der Waals surface area contributed by atoms with Crippen LogP contribution in [-0.4, -0.2) is 11.2 Å². The summed E-state index contributed by atoms with van der Waals surface area (Å²) < 4.78 is 1.01. The van der Waals surface area contributed by atoms with Gasteiger partial charge < -0.3 is 5.11 Å². The Kier molecular flexibility index (Phi) is 4.28. The third-order valence-electron chi connectivity index (χ3n) is 3.37. The molecule has 16 heavy (non-hydrogen) atoms. The average Bonchev–Trinajstić information content (AvgIpc) is 2.25. The fourth-order valence-corrected chi connectivity index (χ4v) is 3.15. The van der Waals surface area contributed by atoms with Crippen molar-refractivity contribution in [2.24, 2.45) is 5.92 Å². The van der Waals surface area contributed by atoms with E-state index in [-0.39, 0.29) is 6.10 Å².